The van der Waals surface area contributed by atoms with E-state index in [-0.39, 0.29) is 12.0 Å². The first-order valence-electron chi connectivity index (χ1n) is 12.2. The number of fused-ring (bicyclic) bond motifs is 1. The van der Waals surface area contributed by atoms with E-state index in [9.17, 15) is 9.90 Å². The third-order valence-corrected chi connectivity index (χ3v) is 7.06. The van der Waals surface area contributed by atoms with Crippen LogP contribution in [0, 0.1) is 5.41 Å². The summed E-state index contributed by atoms with van der Waals surface area (Å²) >= 11 is 0. The maximum Gasteiger partial charge on any atom is 0.309 e. The lowest BCUT2D eigenvalue weighted by Crippen LogP contribution is -2.32. The average Bonchev–Trinajstić information content (AvgIpc) is 3.49. The van der Waals surface area contributed by atoms with E-state index in [1.807, 2.05) is 31.2 Å². The molecule has 1 heterocycles. The number of rotatable bonds is 11. The highest BCUT2D eigenvalue weighted by atomic mass is 16.5. The molecular formula is C27H34N4O4. The van der Waals surface area contributed by atoms with Gasteiger partial charge in [0.05, 0.1) is 31.8 Å². The van der Waals surface area contributed by atoms with Gasteiger partial charge in [0.2, 0.25) is 0 Å². The topological polar surface area (TPSA) is 99.4 Å². The molecule has 2 unspecified atom stereocenters. The molecule has 8 heteroatoms. The minimum absolute atomic E-state index is 0.00763. The molecule has 1 aliphatic carbocycles. The highest BCUT2D eigenvalue weighted by molar-refractivity contribution is 5.75. The molecule has 0 bridgehead atoms. The lowest BCUT2D eigenvalue weighted by atomic mass is 9.72. The Morgan fingerprint density at radius 3 is 2.66 bits per heavy atom. The van der Waals surface area contributed by atoms with Crippen molar-refractivity contribution in [3.8, 4) is 5.75 Å². The average molecular weight is 479 g/mol. The molecule has 2 atom stereocenters. The van der Waals surface area contributed by atoms with Crippen molar-refractivity contribution in [3.05, 3.63) is 70.5 Å². The van der Waals surface area contributed by atoms with E-state index in [0.717, 1.165) is 35.3 Å². The summed E-state index contributed by atoms with van der Waals surface area (Å²) in [5.41, 5.74) is 3.59. The van der Waals surface area contributed by atoms with Gasteiger partial charge in [-0.3, -0.25) is 4.79 Å². The van der Waals surface area contributed by atoms with Crippen LogP contribution in [0.15, 0.2) is 42.5 Å². The highest BCUT2D eigenvalue weighted by Crippen LogP contribution is 2.43. The molecule has 0 amide bonds. The smallest absolute Gasteiger partial charge is 0.309 e. The van der Waals surface area contributed by atoms with Crippen molar-refractivity contribution >= 4 is 5.97 Å². The molecular weight excluding hydrogens is 444 g/mol. The van der Waals surface area contributed by atoms with E-state index < -0.39 is 11.4 Å². The molecule has 4 rings (SSSR count). The fourth-order valence-corrected chi connectivity index (χ4v) is 4.77. The second kappa shape index (κ2) is 10.6. The van der Waals surface area contributed by atoms with Crippen LogP contribution < -0.4 is 4.74 Å². The number of methoxy groups -OCH3 is 1. The Balaban J connectivity index is 1.53. The second-order valence-corrected chi connectivity index (χ2v) is 9.66. The molecule has 1 N–H and O–H groups in total. The number of aliphatic carboxylic acids is 1. The number of carboxylic acids is 1. The number of tetrazole rings is 1. The van der Waals surface area contributed by atoms with Gasteiger partial charge in [0, 0.05) is 6.42 Å². The van der Waals surface area contributed by atoms with Crippen molar-refractivity contribution in [1.29, 1.82) is 0 Å². The number of carboxylic acid groups (broad SMARTS) is 1. The standard InChI is InChI=1S/C27H34N4O4/c1-5-31-29-25(28-30-31)15-13-23(27(2,3)26(32)33)20-9-8-19-10-14-24(22(19)16-20)35-17-18-6-11-21(34-4)12-7-18/h6-9,11-12,16,23-24H,5,10,13-15,17H2,1-4H3,(H,32,33). The molecule has 1 aliphatic rings. The number of aryl methyl sites for hydroxylation is 3. The Hall–Kier alpha value is -3.26. The molecule has 0 fully saturated rings. The van der Waals surface area contributed by atoms with Gasteiger partial charge in [-0.25, -0.2) is 0 Å². The highest BCUT2D eigenvalue weighted by Gasteiger charge is 2.38. The largest absolute Gasteiger partial charge is 0.497 e. The Labute approximate surface area is 206 Å². The van der Waals surface area contributed by atoms with E-state index in [1.165, 1.54) is 5.56 Å². The van der Waals surface area contributed by atoms with Gasteiger partial charge in [-0.1, -0.05) is 30.3 Å². The molecule has 0 radical (unpaired) electrons. The lowest BCUT2D eigenvalue weighted by molar-refractivity contribution is -0.148. The number of hydrogen-bond acceptors (Lipinski definition) is 6. The van der Waals surface area contributed by atoms with Crippen LogP contribution in [-0.4, -0.2) is 38.4 Å². The van der Waals surface area contributed by atoms with Crippen molar-refractivity contribution in [1.82, 2.24) is 20.2 Å². The van der Waals surface area contributed by atoms with E-state index in [0.29, 0.717) is 31.8 Å². The Bertz CT molecular complexity index is 1160. The summed E-state index contributed by atoms with van der Waals surface area (Å²) in [5.74, 6) is 0.436. The monoisotopic (exact) mass is 478 g/mol. The third-order valence-electron chi connectivity index (χ3n) is 7.06. The van der Waals surface area contributed by atoms with Gasteiger partial charge >= 0.3 is 5.97 Å². The number of nitrogens with zero attached hydrogens (tertiary/aromatic N) is 4. The first-order chi connectivity index (χ1) is 16.8. The van der Waals surface area contributed by atoms with Crippen molar-refractivity contribution in [2.75, 3.05) is 7.11 Å². The van der Waals surface area contributed by atoms with Gasteiger partial charge in [0.1, 0.15) is 5.75 Å². The van der Waals surface area contributed by atoms with Crippen molar-refractivity contribution in [2.24, 2.45) is 5.41 Å². The van der Waals surface area contributed by atoms with Crippen molar-refractivity contribution in [3.63, 3.8) is 0 Å². The first-order valence-corrected chi connectivity index (χ1v) is 12.2. The summed E-state index contributed by atoms with van der Waals surface area (Å²) < 4.78 is 11.5. The SMILES string of the molecule is CCn1nnc(CCC(c2ccc3c(c2)C(OCc2ccc(OC)cc2)CC3)C(C)(C)C(=O)O)n1. The number of carbonyl (C=O) groups is 1. The lowest BCUT2D eigenvalue weighted by Gasteiger charge is -2.31. The second-order valence-electron chi connectivity index (χ2n) is 9.66. The van der Waals surface area contributed by atoms with Gasteiger partial charge in [-0.15, -0.1) is 10.2 Å². The van der Waals surface area contributed by atoms with Crippen LogP contribution in [0.5, 0.6) is 5.75 Å². The molecule has 8 nitrogen and oxygen atoms in total. The van der Waals surface area contributed by atoms with Crippen LogP contribution in [0.2, 0.25) is 0 Å². The van der Waals surface area contributed by atoms with Crippen LogP contribution in [0.3, 0.4) is 0 Å². The van der Waals surface area contributed by atoms with Crippen molar-refractivity contribution < 1.29 is 19.4 Å². The summed E-state index contributed by atoms with van der Waals surface area (Å²) in [6.07, 6.45) is 3.05. The fraction of sp³-hybridized carbons (Fsp3) is 0.481. The molecule has 1 aromatic heterocycles. The number of ether oxygens (including phenoxy) is 2. The maximum absolute atomic E-state index is 12.2. The molecule has 35 heavy (non-hydrogen) atoms. The molecule has 186 valence electrons. The van der Waals surface area contributed by atoms with Crippen LogP contribution in [-0.2, 0) is 35.5 Å². The van der Waals surface area contributed by atoms with Gasteiger partial charge < -0.3 is 14.6 Å². The Kier molecular flexibility index (Phi) is 7.50. The maximum atomic E-state index is 12.2. The van der Waals surface area contributed by atoms with Crippen LogP contribution in [0.25, 0.3) is 0 Å². The van der Waals surface area contributed by atoms with Gasteiger partial charge in [-0.2, -0.15) is 4.80 Å². The molecule has 0 aliphatic heterocycles. The molecule has 3 aromatic rings. The first kappa shape index (κ1) is 24.9. The summed E-state index contributed by atoms with van der Waals surface area (Å²) in [6, 6.07) is 14.3. The predicted octanol–water partition coefficient (Wildman–Crippen LogP) is 4.73. The van der Waals surface area contributed by atoms with E-state index in [2.05, 4.69) is 33.6 Å². The third kappa shape index (κ3) is 5.53. The number of aromatic nitrogens is 4. The van der Waals surface area contributed by atoms with Crippen LogP contribution >= 0.6 is 0 Å². The van der Waals surface area contributed by atoms with E-state index >= 15 is 0 Å². The summed E-state index contributed by atoms with van der Waals surface area (Å²) in [5, 5.41) is 22.5. The summed E-state index contributed by atoms with van der Waals surface area (Å²) in [4.78, 5) is 13.8. The molecule has 2 aromatic carbocycles. The Morgan fingerprint density at radius 2 is 2.00 bits per heavy atom. The van der Waals surface area contributed by atoms with E-state index in [4.69, 9.17) is 9.47 Å². The Morgan fingerprint density at radius 1 is 1.23 bits per heavy atom. The number of benzene rings is 2. The zero-order chi connectivity index (χ0) is 25.0. The molecule has 0 spiro atoms. The quantitative estimate of drug-likeness (QED) is 0.425. The van der Waals surface area contributed by atoms with Crippen LogP contribution in [0.4, 0.5) is 0 Å². The molecule has 0 saturated carbocycles. The fourth-order valence-electron chi connectivity index (χ4n) is 4.77. The summed E-state index contributed by atoms with van der Waals surface area (Å²) in [6.45, 7) is 6.71. The van der Waals surface area contributed by atoms with Crippen LogP contribution in [0.1, 0.15) is 73.7 Å². The van der Waals surface area contributed by atoms with Gasteiger partial charge in [0.15, 0.2) is 5.82 Å². The molecule has 0 saturated heterocycles. The zero-order valence-corrected chi connectivity index (χ0v) is 20.9. The van der Waals surface area contributed by atoms with Gasteiger partial charge in [-0.05, 0) is 85.6 Å². The van der Waals surface area contributed by atoms with E-state index in [1.54, 1.807) is 25.8 Å². The number of hydrogen-bond donors (Lipinski definition) is 1. The predicted molar refractivity (Wildman–Crippen MR) is 131 cm³/mol. The normalized spacial score (nSPS) is 16.2. The zero-order valence-electron chi connectivity index (χ0n) is 20.9. The minimum Gasteiger partial charge on any atom is -0.497 e. The minimum atomic E-state index is -0.951. The summed E-state index contributed by atoms with van der Waals surface area (Å²) in [7, 11) is 1.66. The van der Waals surface area contributed by atoms with Crippen molar-refractivity contribution in [2.45, 2.75) is 71.6 Å². The van der Waals surface area contributed by atoms with Gasteiger partial charge in [0.25, 0.3) is 0 Å².